The molecule has 1 fully saturated rings. The molecule has 1 aromatic heterocycles. The number of benzene rings is 3. The Hall–Kier alpha value is -3.29. The van der Waals surface area contributed by atoms with Crippen LogP contribution in [0.15, 0.2) is 71.5 Å². The number of nitrogens with zero attached hydrogens (tertiary/aromatic N) is 3. The first-order valence-corrected chi connectivity index (χ1v) is 12.2. The zero-order valence-corrected chi connectivity index (χ0v) is 19.9. The fraction of sp³-hybridized carbons (Fsp3) is 0.259. The number of piperazine rings is 1. The van der Waals surface area contributed by atoms with Crippen LogP contribution in [0.25, 0.3) is 22.0 Å². The lowest BCUT2D eigenvalue weighted by Crippen LogP contribution is -2.49. The summed E-state index contributed by atoms with van der Waals surface area (Å²) in [6, 6.07) is 20.8. The number of carbonyl (C=O) groups is 1. The Labute approximate surface area is 201 Å². The van der Waals surface area contributed by atoms with Crippen LogP contribution in [0.5, 0.6) is 0 Å². The lowest BCUT2D eigenvalue weighted by atomic mass is 10.0. The number of rotatable bonds is 5. The average molecular weight is 476 g/mol. The first-order valence-electron chi connectivity index (χ1n) is 11.4. The number of amides is 1. The van der Waals surface area contributed by atoms with E-state index >= 15 is 0 Å². The quantitative estimate of drug-likeness (QED) is 0.426. The number of carbonyl (C=O) groups excluding carboxylic acids is 1. The monoisotopic (exact) mass is 475 g/mol. The van der Waals surface area contributed by atoms with E-state index in [0.717, 1.165) is 41.4 Å². The SMILES string of the molecule is Cc1sc(=O)n(CC(=O)N2CCN(Cc3cccc4ccccc34)CC2)c1-c1ccc(F)cc1. The zero-order valence-electron chi connectivity index (χ0n) is 19.0. The molecule has 7 heteroatoms. The molecule has 1 saturated heterocycles. The molecule has 34 heavy (non-hydrogen) atoms. The molecule has 0 radical (unpaired) electrons. The van der Waals surface area contributed by atoms with Gasteiger partial charge in [-0.05, 0) is 53.1 Å². The third kappa shape index (κ3) is 4.54. The van der Waals surface area contributed by atoms with Crippen LogP contribution in [0.2, 0.25) is 0 Å². The van der Waals surface area contributed by atoms with Crippen LogP contribution in [0, 0.1) is 12.7 Å². The second-order valence-electron chi connectivity index (χ2n) is 8.66. The second-order valence-corrected chi connectivity index (χ2v) is 9.83. The van der Waals surface area contributed by atoms with Crippen LogP contribution >= 0.6 is 11.3 Å². The van der Waals surface area contributed by atoms with Gasteiger partial charge >= 0.3 is 4.87 Å². The van der Waals surface area contributed by atoms with Gasteiger partial charge in [0.2, 0.25) is 5.91 Å². The summed E-state index contributed by atoms with van der Waals surface area (Å²) in [5.41, 5.74) is 2.73. The van der Waals surface area contributed by atoms with Gasteiger partial charge in [0.25, 0.3) is 0 Å². The van der Waals surface area contributed by atoms with Gasteiger partial charge in [0.15, 0.2) is 0 Å². The van der Waals surface area contributed by atoms with E-state index in [0.29, 0.717) is 18.8 Å². The molecule has 1 amide bonds. The van der Waals surface area contributed by atoms with Crippen molar-refractivity contribution in [2.24, 2.45) is 0 Å². The highest BCUT2D eigenvalue weighted by Crippen LogP contribution is 2.26. The van der Waals surface area contributed by atoms with Gasteiger partial charge in [0, 0.05) is 37.6 Å². The van der Waals surface area contributed by atoms with Crippen molar-refractivity contribution in [3.63, 3.8) is 0 Å². The summed E-state index contributed by atoms with van der Waals surface area (Å²) in [5.74, 6) is -0.393. The summed E-state index contributed by atoms with van der Waals surface area (Å²) in [6.07, 6.45) is 0. The van der Waals surface area contributed by atoms with E-state index in [-0.39, 0.29) is 23.1 Å². The van der Waals surface area contributed by atoms with Crippen LogP contribution in [-0.4, -0.2) is 46.5 Å². The van der Waals surface area contributed by atoms with Gasteiger partial charge in [0.1, 0.15) is 12.4 Å². The molecule has 0 saturated carbocycles. The van der Waals surface area contributed by atoms with E-state index in [9.17, 15) is 14.0 Å². The minimum Gasteiger partial charge on any atom is -0.339 e. The maximum absolute atomic E-state index is 13.4. The van der Waals surface area contributed by atoms with E-state index in [4.69, 9.17) is 0 Å². The number of halogens is 1. The highest BCUT2D eigenvalue weighted by molar-refractivity contribution is 7.09. The van der Waals surface area contributed by atoms with Gasteiger partial charge in [-0.3, -0.25) is 19.1 Å². The Bertz CT molecular complexity index is 1380. The molecule has 0 N–H and O–H groups in total. The molecule has 174 valence electrons. The highest BCUT2D eigenvalue weighted by Gasteiger charge is 2.24. The molecule has 5 rings (SSSR count). The van der Waals surface area contributed by atoms with E-state index in [1.165, 1.54) is 33.0 Å². The van der Waals surface area contributed by atoms with Crippen molar-refractivity contribution >= 4 is 28.0 Å². The Morgan fingerprint density at radius 2 is 1.65 bits per heavy atom. The standard InChI is InChI=1S/C27H26FN3O2S/c1-19-26(21-9-11-23(28)12-10-21)31(27(33)34-19)18-25(32)30-15-13-29(14-16-30)17-22-7-4-6-20-5-2-3-8-24(20)22/h2-12H,13-18H2,1H3. The Morgan fingerprint density at radius 3 is 2.41 bits per heavy atom. The summed E-state index contributed by atoms with van der Waals surface area (Å²) in [7, 11) is 0. The largest absolute Gasteiger partial charge is 0.339 e. The fourth-order valence-corrected chi connectivity index (χ4v) is 5.54. The first kappa shape index (κ1) is 22.5. The van der Waals surface area contributed by atoms with Gasteiger partial charge < -0.3 is 4.90 Å². The van der Waals surface area contributed by atoms with Crippen molar-refractivity contribution in [3.05, 3.63) is 92.7 Å². The van der Waals surface area contributed by atoms with E-state index in [1.807, 2.05) is 11.8 Å². The van der Waals surface area contributed by atoms with E-state index in [2.05, 4.69) is 47.4 Å². The van der Waals surface area contributed by atoms with Crippen molar-refractivity contribution in [2.75, 3.05) is 26.2 Å². The molecule has 2 heterocycles. The number of aryl methyl sites for hydroxylation is 1. The topological polar surface area (TPSA) is 45.6 Å². The molecule has 3 aromatic carbocycles. The van der Waals surface area contributed by atoms with Crippen molar-refractivity contribution in [1.82, 2.24) is 14.4 Å². The predicted octanol–water partition coefficient (Wildman–Crippen LogP) is 4.52. The maximum atomic E-state index is 13.4. The normalized spacial score (nSPS) is 14.6. The third-order valence-corrected chi connectivity index (χ3v) is 7.37. The number of aromatic nitrogens is 1. The van der Waals surface area contributed by atoms with Gasteiger partial charge in [-0.1, -0.05) is 53.8 Å². The minimum atomic E-state index is -0.331. The molecule has 4 aromatic rings. The van der Waals surface area contributed by atoms with Gasteiger partial charge in [-0.2, -0.15) is 0 Å². The van der Waals surface area contributed by atoms with Crippen molar-refractivity contribution in [1.29, 1.82) is 0 Å². The van der Waals surface area contributed by atoms with Crippen molar-refractivity contribution < 1.29 is 9.18 Å². The Balaban J connectivity index is 1.26. The highest BCUT2D eigenvalue weighted by atomic mass is 32.1. The molecule has 1 aliphatic heterocycles. The summed E-state index contributed by atoms with van der Waals surface area (Å²) in [4.78, 5) is 30.6. The number of hydrogen-bond acceptors (Lipinski definition) is 4. The number of fused-ring (bicyclic) bond motifs is 1. The molecule has 0 bridgehead atoms. The van der Waals surface area contributed by atoms with Gasteiger partial charge in [-0.25, -0.2) is 4.39 Å². The summed E-state index contributed by atoms with van der Waals surface area (Å²) >= 11 is 1.12. The Kier molecular flexibility index (Phi) is 6.30. The summed E-state index contributed by atoms with van der Waals surface area (Å²) in [5, 5.41) is 2.51. The van der Waals surface area contributed by atoms with Crippen LogP contribution in [0.3, 0.4) is 0 Å². The fourth-order valence-electron chi connectivity index (χ4n) is 4.69. The van der Waals surface area contributed by atoms with Crippen molar-refractivity contribution in [2.45, 2.75) is 20.0 Å². The number of thiazole rings is 1. The Morgan fingerprint density at radius 1 is 0.941 bits per heavy atom. The molecule has 0 unspecified atom stereocenters. The third-order valence-electron chi connectivity index (χ3n) is 6.47. The molecule has 0 aliphatic carbocycles. The average Bonchev–Trinajstić information content (AvgIpc) is 3.12. The molecular formula is C27H26FN3O2S. The number of hydrogen-bond donors (Lipinski definition) is 0. The van der Waals surface area contributed by atoms with Gasteiger partial charge in [0.05, 0.1) is 5.69 Å². The molecule has 5 nitrogen and oxygen atoms in total. The van der Waals surface area contributed by atoms with E-state index in [1.54, 1.807) is 12.1 Å². The van der Waals surface area contributed by atoms with Crippen LogP contribution in [-0.2, 0) is 17.9 Å². The van der Waals surface area contributed by atoms with E-state index < -0.39 is 0 Å². The first-order chi connectivity index (χ1) is 16.5. The maximum Gasteiger partial charge on any atom is 0.308 e. The molecule has 0 spiro atoms. The van der Waals surface area contributed by atoms with Gasteiger partial charge in [-0.15, -0.1) is 0 Å². The second kappa shape index (κ2) is 9.52. The van der Waals surface area contributed by atoms with Crippen LogP contribution in [0.4, 0.5) is 4.39 Å². The van der Waals surface area contributed by atoms with Crippen LogP contribution < -0.4 is 4.87 Å². The zero-order chi connectivity index (χ0) is 23.7. The summed E-state index contributed by atoms with van der Waals surface area (Å²) < 4.78 is 14.9. The minimum absolute atomic E-state index is 0.000788. The molecule has 1 aliphatic rings. The predicted molar refractivity (Wildman–Crippen MR) is 135 cm³/mol. The van der Waals surface area contributed by atoms with Crippen LogP contribution in [0.1, 0.15) is 10.4 Å². The smallest absolute Gasteiger partial charge is 0.308 e. The van der Waals surface area contributed by atoms with Crippen molar-refractivity contribution in [3.8, 4) is 11.3 Å². The lowest BCUT2D eigenvalue weighted by Gasteiger charge is -2.35. The lowest BCUT2D eigenvalue weighted by molar-refractivity contribution is -0.133. The molecule has 0 atom stereocenters. The molecular weight excluding hydrogens is 449 g/mol. The summed E-state index contributed by atoms with van der Waals surface area (Å²) in [6.45, 7) is 5.55.